The minimum absolute atomic E-state index is 0.0393. The highest BCUT2D eigenvalue weighted by molar-refractivity contribution is 6.30. The predicted octanol–water partition coefficient (Wildman–Crippen LogP) is 4.42. The average molecular weight is 275 g/mol. The van der Waals surface area contributed by atoms with Gasteiger partial charge in [-0.25, -0.2) is 0 Å². The van der Waals surface area contributed by atoms with Gasteiger partial charge in [0.2, 0.25) is 0 Å². The molecule has 1 aromatic carbocycles. The molecule has 0 bridgehead atoms. The van der Waals surface area contributed by atoms with Gasteiger partial charge < -0.3 is 0 Å². The van der Waals surface area contributed by atoms with Crippen LogP contribution in [0.5, 0.6) is 0 Å². The van der Waals surface area contributed by atoms with Gasteiger partial charge in [0.15, 0.2) is 5.78 Å². The molecule has 98 valence electrons. The van der Waals surface area contributed by atoms with E-state index in [-0.39, 0.29) is 11.2 Å². The number of carbonyl (C=O) groups is 1. The van der Waals surface area contributed by atoms with Gasteiger partial charge in [0, 0.05) is 17.5 Å². The molecule has 0 amide bonds. The summed E-state index contributed by atoms with van der Waals surface area (Å²) in [4.78, 5) is 19.8. The minimum atomic E-state index is -0.0393. The number of benzene rings is 1. The maximum Gasteiger partial charge on any atom is 0.158 e. The fourth-order valence-corrected chi connectivity index (χ4v) is 2.26. The van der Waals surface area contributed by atoms with E-state index < -0.39 is 0 Å². The highest BCUT2D eigenvalue weighted by Gasteiger charge is 2.27. The van der Waals surface area contributed by atoms with Crippen molar-refractivity contribution in [2.75, 3.05) is 0 Å². The van der Waals surface area contributed by atoms with Crippen LogP contribution in [0.15, 0.2) is 46.0 Å². The summed E-state index contributed by atoms with van der Waals surface area (Å²) >= 11 is 5.85. The van der Waals surface area contributed by atoms with E-state index in [9.17, 15) is 4.79 Å². The third-order valence-corrected chi connectivity index (χ3v) is 3.06. The van der Waals surface area contributed by atoms with Crippen molar-refractivity contribution < 1.29 is 4.79 Å². The molecule has 1 aromatic rings. The van der Waals surface area contributed by atoms with Crippen LogP contribution < -0.4 is 0 Å². The van der Waals surface area contributed by atoms with E-state index in [1.165, 1.54) is 0 Å². The van der Waals surface area contributed by atoms with Crippen molar-refractivity contribution in [3.63, 3.8) is 0 Å². The Bertz CT molecular complexity index is 596. The van der Waals surface area contributed by atoms with Crippen LogP contribution in [-0.2, 0) is 4.79 Å². The van der Waals surface area contributed by atoms with Gasteiger partial charge in [-0.05, 0) is 30.0 Å². The SMILES string of the molecule is CC1(C)CC(=O)C=C(N=C=Nc2cccc(Cl)c2)C1. The van der Waals surface area contributed by atoms with Crippen LogP contribution >= 0.6 is 11.6 Å². The first-order valence-electron chi connectivity index (χ1n) is 6.10. The van der Waals surface area contributed by atoms with E-state index in [2.05, 4.69) is 29.8 Å². The Morgan fingerprint density at radius 2 is 2.05 bits per heavy atom. The van der Waals surface area contributed by atoms with Crippen LogP contribution in [0.2, 0.25) is 5.02 Å². The lowest BCUT2D eigenvalue weighted by Gasteiger charge is -2.26. The smallest absolute Gasteiger partial charge is 0.158 e. The normalized spacial score (nSPS) is 17.4. The fourth-order valence-electron chi connectivity index (χ4n) is 2.08. The first-order valence-corrected chi connectivity index (χ1v) is 6.48. The van der Waals surface area contributed by atoms with Gasteiger partial charge >= 0.3 is 0 Å². The number of aliphatic imine (C=N–C) groups is 2. The quantitative estimate of drug-likeness (QED) is 0.736. The Hall–Kier alpha value is -1.70. The van der Waals surface area contributed by atoms with Crippen LogP contribution in [0.25, 0.3) is 0 Å². The summed E-state index contributed by atoms with van der Waals surface area (Å²) in [5.41, 5.74) is 1.38. The Morgan fingerprint density at radius 1 is 1.26 bits per heavy atom. The molecular formula is C15H15ClN2O. The lowest BCUT2D eigenvalue weighted by atomic mass is 9.79. The Morgan fingerprint density at radius 3 is 2.74 bits per heavy atom. The average Bonchev–Trinajstić information content (AvgIpc) is 2.26. The number of nitrogens with zero attached hydrogens (tertiary/aromatic N) is 2. The summed E-state index contributed by atoms with van der Waals surface area (Å²) in [5.74, 6) is 0.111. The van der Waals surface area contributed by atoms with Crippen LogP contribution in [-0.4, -0.2) is 11.8 Å². The number of halogens is 1. The fraction of sp³-hybridized carbons (Fsp3) is 0.333. The second-order valence-corrected chi connectivity index (χ2v) is 5.86. The Balaban J connectivity index is 2.17. The molecule has 0 atom stereocenters. The standard InChI is InChI=1S/C15H15ClN2O/c1-15(2)8-13(7-14(19)9-15)18-10-17-12-5-3-4-11(16)6-12/h3-7H,8-9H2,1-2H3. The van der Waals surface area contributed by atoms with Crippen molar-refractivity contribution in [1.82, 2.24) is 0 Å². The number of rotatable bonds is 2. The second kappa shape index (κ2) is 5.52. The van der Waals surface area contributed by atoms with Crippen molar-refractivity contribution in [1.29, 1.82) is 0 Å². The van der Waals surface area contributed by atoms with Crippen molar-refractivity contribution >= 4 is 29.1 Å². The lowest BCUT2D eigenvalue weighted by Crippen LogP contribution is -2.21. The van der Waals surface area contributed by atoms with Gasteiger partial charge in [-0.3, -0.25) is 4.79 Å². The van der Waals surface area contributed by atoms with Crippen molar-refractivity contribution in [3.05, 3.63) is 41.1 Å². The zero-order valence-electron chi connectivity index (χ0n) is 11.0. The van der Waals surface area contributed by atoms with Gasteiger partial charge in [-0.1, -0.05) is 31.5 Å². The molecule has 4 heteroatoms. The summed E-state index contributed by atoms with van der Waals surface area (Å²) in [6.45, 7) is 4.11. The molecular weight excluding hydrogens is 260 g/mol. The molecule has 1 aliphatic rings. The number of carbonyl (C=O) groups excluding carboxylic acids is 1. The molecule has 0 saturated carbocycles. The molecule has 0 heterocycles. The summed E-state index contributed by atoms with van der Waals surface area (Å²) in [7, 11) is 0. The maximum absolute atomic E-state index is 11.6. The number of ketones is 1. The zero-order chi connectivity index (χ0) is 13.9. The Kier molecular flexibility index (Phi) is 3.98. The largest absolute Gasteiger partial charge is 0.295 e. The summed E-state index contributed by atoms with van der Waals surface area (Å²) in [6, 6.07) is 9.77. The van der Waals surface area contributed by atoms with E-state index >= 15 is 0 Å². The first kappa shape index (κ1) is 13.7. The van der Waals surface area contributed by atoms with Crippen LogP contribution in [0, 0.1) is 5.41 Å². The topological polar surface area (TPSA) is 41.8 Å². The highest BCUT2D eigenvalue weighted by atomic mass is 35.5. The van der Waals surface area contributed by atoms with Gasteiger partial charge in [0.05, 0.1) is 11.4 Å². The Labute approximate surface area is 117 Å². The van der Waals surface area contributed by atoms with Crippen LogP contribution in [0.1, 0.15) is 26.7 Å². The maximum atomic E-state index is 11.6. The minimum Gasteiger partial charge on any atom is -0.295 e. The third kappa shape index (κ3) is 4.16. The molecule has 0 fully saturated rings. The third-order valence-electron chi connectivity index (χ3n) is 2.82. The molecule has 0 radical (unpaired) electrons. The highest BCUT2D eigenvalue weighted by Crippen LogP contribution is 2.33. The van der Waals surface area contributed by atoms with E-state index in [4.69, 9.17) is 11.6 Å². The monoisotopic (exact) mass is 274 g/mol. The molecule has 0 aromatic heterocycles. The predicted molar refractivity (Wildman–Crippen MR) is 77.1 cm³/mol. The first-order chi connectivity index (χ1) is 8.94. The molecule has 1 aliphatic carbocycles. The number of hydrogen-bond donors (Lipinski definition) is 0. The molecule has 0 saturated heterocycles. The zero-order valence-corrected chi connectivity index (χ0v) is 11.7. The molecule has 0 unspecified atom stereocenters. The van der Waals surface area contributed by atoms with Gasteiger partial charge in [-0.2, -0.15) is 9.98 Å². The summed E-state index contributed by atoms with van der Waals surface area (Å²) in [5, 5.41) is 0.622. The second-order valence-electron chi connectivity index (χ2n) is 5.42. The van der Waals surface area contributed by atoms with E-state index in [1.807, 2.05) is 12.1 Å². The van der Waals surface area contributed by atoms with Crippen LogP contribution in [0.3, 0.4) is 0 Å². The molecule has 2 rings (SSSR count). The number of allylic oxidation sites excluding steroid dienone is 2. The summed E-state index contributed by atoms with van der Waals surface area (Å²) < 4.78 is 0. The molecule has 0 aliphatic heterocycles. The van der Waals surface area contributed by atoms with Crippen LogP contribution in [0.4, 0.5) is 5.69 Å². The van der Waals surface area contributed by atoms with Gasteiger partial charge in [0.25, 0.3) is 0 Å². The lowest BCUT2D eigenvalue weighted by molar-refractivity contribution is -0.117. The van der Waals surface area contributed by atoms with Crippen molar-refractivity contribution in [2.45, 2.75) is 26.7 Å². The van der Waals surface area contributed by atoms with E-state index in [1.54, 1.807) is 18.2 Å². The van der Waals surface area contributed by atoms with Gasteiger partial charge in [-0.15, -0.1) is 0 Å². The van der Waals surface area contributed by atoms with E-state index in [0.29, 0.717) is 17.1 Å². The number of hydrogen-bond acceptors (Lipinski definition) is 3. The molecule has 0 N–H and O–H groups in total. The molecule has 19 heavy (non-hydrogen) atoms. The molecule has 3 nitrogen and oxygen atoms in total. The van der Waals surface area contributed by atoms with Crippen molar-refractivity contribution in [2.24, 2.45) is 15.4 Å². The van der Waals surface area contributed by atoms with Gasteiger partial charge in [0.1, 0.15) is 6.01 Å². The molecule has 0 spiro atoms. The summed E-state index contributed by atoms with van der Waals surface area (Å²) in [6.07, 6.45) is 2.90. The van der Waals surface area contributed by atoms with Crippen molar-refractivity contribution in [3.8, 4) is 0 Å². The van der Waals surface area contributed by atoms with E-state index in [0.717, 1.165) is 12.1 Å².